The van der Waals surface area contributed by atoms with Crippen LogP contribution in [0.15, 0.2) is 47.2 Å². The number of para-hydroxylation sites is 1. The van der Waals surface area contributed by atoms with Crippen LogP contribution < -0.4 is 5.32 Å². The summed E-state index contributed by atoms with van der Waals surface area (Å²) < 4.78 is 4.68. The second-order valence-corrected chi connectivity index (χ2v) is 7.29. The number of nitrogens with zero attached hydrogens (tertiary/aromatic N) is 2. The van der Waals surface area contributed by atoms with Gasteiger partial charge in [-0.3, -0.25) is 4.79 Å². The summed E-state index contributed by atoms with van der Waals surface area (Å²) in [5.41, 5.74) is 1.31. The van der Waals surface area contributed by atoms with Crippen LogP contribution in [0.2, 0.25) is 0 Å². The molecule has 0 radical (unpaired) electrons. The number of unbranched alkanes of at least 4 members (excludes halogenated alkanes) is 6. The van der Waals surface area contributed by atoms with Crippen LogP contribution in [-0.2, 0) is 14.3 Å². The molecular weight excluding hydrogens is 386 g/mol. The minimum absolute atomic E-state index is 0.114. The summed E-state index contributed by atoms with van der Waals surface area (Å²) in [6.07, 6.45) is 9.78. The van der Waals surface area contributed by atoms with E-state index < -0.39 is 5.97 Å². The molecule has 1 N–H and O–H groups in total. The van der Waals surface area contributed by atoms with Crippen molar-refractivity contribution in [1.29, 1.82) is 0 Å². The van der Waals surface area contributed by atoms with Crippen molar-refractivity contribution < 1.29 is 14.3 Å². The van der Waals surface area contributed by atoms with E-state index in [1.165, 1.54) is 37.8 Å². The Morgan fingerprint density at radius 3 is 2.45 bits per heavy atom. The first-order valence-corrected chi connectivity index (χ1v) is 10.6. The molecular formula is C22H29N3O3S. The molecule has 0 spiro atoms. The Morgan fingerprint density at radius 1 is 1.14 bits per heavy atom. The molecule has 0 saturated heterocycles. The number of hydrogen-bond donors (Lipinski definition) is 1. The van der Waals surface area contributed by atoms with Crippen LogP contribution in [0.1, 0.15) is 58.3 Å². The van der Waals surface area contributed by atoms with Crippen LogP contribution in [0.5, 0.6) is 0 Å². The van der Waals surface area contributed by atoms with Crippen molar-refractivity contribution in [2.45, 2.75) is 58.3 Å². The number of esters is 1. The molecule has 0 bridgehead atoms. The molecule has 0 saturated carbocycles. The second-order valence-electron chi connectivity index (χ2n) is 6.91. The van der Waals surface area contributed by atoms with Gasteiger partial charge in [-0.1, -0.05) is 63.6 Å². The topological polar surface area (TPSA) is 71.0 Å². The number of ketones is 1. The SMILES string of the molecule is CCCCCCCCCC1=NN(C(=S)Nc2ccccc2)/C(=C/C(=O)OC)C1=O. The maximum absolute atomic E-state index is 12.8. The van der Waals surface area contributed by atoms with Crippen molar-refractivity contribution in [3.63, 3.8) is 0 Å². The Morgan fingerprint density at radius 2 is 1.79 bits per heavy atom. The van der Waals surface area contributed by atoms with Crippen molar-refractivity contribution in [1.82, 2.24) is 5.01 Å². The van der Waals surface area contributed by atoms with E-state index in [2.05, 4.69) is 22.1 Å². The number of hydrogen-bond acceptors (Lipinski definition) is 5. The third-order valence-electron chi connectivity index (χ3n) is 4.63. The first kappa shape index (κ1) is 22.7. The minimum Gasteiger partial charge on any atom is -0.466 e. The fraction of sp³-hybridized carbons (Fsp3) is 0.455. The highest BCUT2D eigenvalue weighted by Gasteiger charge is 2.33. The van der Waals surface area contributed by atoms with Crippen molar-refractivity contribution in [2.75, 3.05) is 12.4 Å². The summed E-state index contributed by atoms with van der Waals surface area (Å²) in [7, 11) is 1.27. The smallest absolute Gasteiger partial charge is 0.332 e. The largest absolute Gasteiger partial charge is 0.466 e. The van der Waals surface area contributed by atoms with Crippen LogP contribution in [0.3, 0.4) is 0 Å². The molecule has 29 heavy (non-hydrogen) atoms. The molecule has 2 rings (SSSR count). The number of ether oxygens (including phenoxy) is 1. The Labute approximate surface area is 178 Å². The molecule has 1 aliphatic heterocycles. The van der Waals surface area contributed by atoms with Gasteiger partial charge in [-0.05, 0) is 37.2 Å². The number of carbonyl (C=O) groups excluding carboxylic acids is 2. The second kappa shape index (κ2) is 12.1. The van der Waals surface area contributed by atoms with E-state index in [9.17, 15) is 9.59 Å². The molecule has 0 atom stereocenters. The van der Waals surface area contributed by atoms with E-state index in [1.54, 1.807) is 0 Å². The van der Waals surface area contributed by atoms with Crippen molar-refractivity contribution in [2.24, 2.45) is 5.10 Å². The van der Waals surface area contributed by atoms with Gasteiger partial charge >= 0.3 is 5.97 Å². The summed E-state index contributed by atoms with van der Waals surface area (Å²) in [4.78, 5) is 24.5. The van der Waals surface area contributed by atoms with Gasteiger partial charge < -0.3 is 10.1 Å². The lowest BCUT2D eigenvalue weighted by Gasteiger charge is -2.17. The van der Waals surface area contributed by atoms with Gasteiger partial charge in [0.2, 0.25) is 5.78 Å². The maximum Gasteiger partial charge on any atom is 0.332 e. The van der Waals surface area contributed by atoms with Gasteiger partial charge in [0.15, 0.2) is 5.11 Å². The van der Waals surface area contributed by atoms with Crippen LogP contribution in [-0.4, -0.2) is 34.7 Å². The van der Waals surface area contributed by atoms with E-state index in [4.69, 9.17) is 12.2 Å². The number of methoxy groups -OCH3 is 1. The van der Waals surface area contributed by atoms with Crippen molar-refractivity contribution in [3.8, 4) is 0 Å². The molecule has 6 nitrogen and oxygen atoms in total. The first-order chi connectivity index (χ1) is 14.1. The number of benzene rings is 1. The molecule has 7 heteroatoms. The average Bonchev–Trinajstić information content (AvgIpc) is 3.03. The molecule has 0 aromatic heterocycles. The number of Topliss-reactive ketones (excluding diaryl/α,β-unsaturated/α-hetero) is 1. The van der Waals surface area contributed by atoms with Gasteiger partial charge in [0.25, 0.3) is 0 Å². The lowest BCUT2D eigenvalue weighted by atomic mass is 10.0. The van der Waals surface area contributed by atoms with Crippen molar-refractivity contribution in [3.05, 3.63) is 42.1 Å². The number of carbonyl (C=O) groups is 2. The summed E-state index contributed by atoms with van der Waals surface area (Å²) in [6, 6.07) is 9.36. The number of nitrogens with one attached hydrogen (secondary N) is 1. The summed E-state index contributed by atoms with van der Waals surface area (Å²) >= 11 is 5.43. The summed E-state index contributed by atoms with van der Waals surface area (Å²) in [5.74, 6) is -0.896. The van der Waals surface area contributed by atoms with E-state index in [0.29, 0.717) is 12.1 Å². The molecule has 1 aromatic carbocycles. The van der Waals surface area contributed by atoms with Crippen LogP contribution in [0, 0.1) is 0 Å². The fourth-order valence-corrected chi connectivity index (χ4v) is 3.28. The minimum atomic E-state index is -0.617. The van der Waals surface area contributed by atoms with E-state index >= 15 is 0 Å². The molecule has 1 aromatic rings. The van der Waals surface area contributed by atoms with Gasteiger partial charge in [0.05, 0.1) is 13.2 Å². The third kappa shape index (κ3) is 7.09. The zero-order valence-corrected chi connectivity index (χ0v) is 18.0. The Hall–Kier alpha value is -2.54. The molecule has 0 aliphatic carbocycles. The van der Waals surface area contributed by atoms with Gasteiger partial charge in [0, 0.05) is 5.69 Å². The van der Waals surface area contributed by atoms with Crippen LogP contribution in [0.25, 0.3) is 0 Å². The van der Waals surface area contributed by atoms with Crippen molar-refractivity contribution >= 4 is 40.5 Å². The van der Waals surface area contributed by atoms with Crippen LogP contribution in [0.4, 0.5) is 5.69 Å². The van der Waals surface area contributed by atoms with Crippen LogP contribution >= 0.6 is 12.2 Å². The third-order valence-corrected chi connectivity index (χ3v) is 4.91. The van der Waals surface area contributed by atoms with Gasteiger partial charge in [-0.2, -0.15) is 5.10 Å². The molecule has 0 amide bonds. The van der Waals surface area contributed by atoms with Gasteiger partial charge in [-0.15, -0.1) is 0 Å². The average molecular weight is 416 g/mol. The number of allylic oxidation sites excluding steroid dienone is 1. The zero-order valence-electron chi connectivity index (χ0n) is 17.1. The van der Waals surface area contributed by atoms with E-state index in [-0.39, 0.29) is 16.6 Å². The lowest BCUT2D eigenvalue weighted by Crippen LogP contribution is -2.29. The Kier molecular flexibility index (Phi) is 9.50. The number of rotatable bonds is 10. The summed E-state index contributed by atoms with van der Waals surface area (Å²) in [5, 5.41) is 9.00. The molecule has 1 heterocycles. The summed E-state index contributed by atoms with van der Waals surface area (Å²) in [6.45, 7) is 2.20. The maximum atomic E-state index is 12.8. The predicted octanol–water partition coefficient (Wildman–Crippen LogP) is 4.82. The molecule has 156 valence electrons. The highest BCUT2D eigenvalue weighted by Crippen LogP contribution is 2.22. The van der Waals surface area contributed by atoms with Gasteiger partial charge in [-0.25, -0.2) is 9.80 Å². The normalized spacial score (nSPS) is 14.8. The quantitative estimate of drug-likeness (QED) is 0.256. The first-order valence-electron chi connectivity index (χ1n) is 10.1. The van der Waals surface area contributed by atoms with E-state index in [0.717, 1.165) is 31.0 Å². The molecule has 0 unspecified atom stereocenters. The fourth-order valence-electron chi connectivity index (χ4n) is 3.03. The highest BCUT2D eigenvalue weighted by atomic mass is 32.1. The Balaban J connectivity index is 2.02. The monoisotopic (exact) mass is 415 g/mol. The number of thiocarbonyl (C=S) groups is 1. The molecule has 1 aliphatic rings. The highest BCUT2D eigenvalue weighted by molar-refractivity contribution is 7.80. The number of hydrazone groups is 1. The predicted molar refractivity (Wildman–Crippen MR) is 120 cm³/mol. The number of anilines is 1. The molecule has 0 fully saturated rings. The van der Waals surface area contributed by atoms with E-state index in [1.807, 2.05) is 30.3 Å². The lowest BCUT2D eigenvalue weighted by molar-refractivity contribution is -0.135. The van der Waals surface area contributed by atoms with Gasteiger partial charge in [0.1, 0.15) is 11.4 Å². The standard InChI is InChI=1S/C22H29N3O3S/c1-3-4-5-6-7-8-12-15-18-21(27)19(16-20(26)28-2)25(24-18)22(29)23-17-13-10-9-11-14-17/h9-11,13-14,16H,3-8,12,15H2,1-2H3,(H,23,29)/b19-16+. The zero-order chi connectivity index (χ0) is 21.1. The Bertz CT molecular complexity index is 775.